The van der Waals surface area contributed by atoms with Crippen LogP contribution in [0.3, 0.4) is 0 Å². The first-order chi connectivity index (χ1) is 10.1. The molecule has 0 amide bonds. The van der Waals surface area contributed by atoms with Gasteiger partial charge in [-0.3, -0.25) is 0 Å². The summed E-state index contributed by atoms with van der Waals surface area (Å²) in [7, 11) is 0. The van der Waals surface area contributed by atoms with Crippen LogP contribution < -0.4 is 9.80 Å². The molecule has 0 fully saturated rings. The standard InChI is InChI=1S/C19H22N2/c1-14-9-10-19(16(3)13-14)21-12-11-20(17(21)4)18-8-6-5-7-15(18)2/h5-13,17H,1-4H3/t17-/m1/s1. The van der Waals surface area contributed by atoms with Gasteiger partial charge in [-0.05, 0) is 51.0 Å². The fraction of sp³-hybridized carbons (Fsp3) is 0.263. The van der Waals surface area contributed by atoms with Gasteiger partial charge in [0, 0.05) is 23.8 Å². The van der Waals surface area contributed by atoms with Crippen LogP contribution in [0.4, 0.5) is 11.4 Å². The lowest BCUT2D eigenvalue weighted by Gasteiger charge is -2.31. The molecule has 1 aliphatic heterocycles. The summed E-state index contributed by atoms with van der Waals surface area (Å²) in [6.07, 6.45) is 4.63. The predicted molar refractivity (Wildman–Crippen MR) is 90.7 cm³/mol. The van der Waals surface area contributed by atoms with Crippen molar-refractivity contribution >= 4 is 11.4 Å². The number of hydrogen-bond donors (Lipinski definition) is 0. The number of benzene rings is 2. The highest BCUT2D eigenvalue weighted by Crippen LogP contribution is 2.32. The summed E-state index contributed by atoms with van der Waals surface area (Å²) in [5.41, 5.74) is 6.48. The van der Waals surface area contributed by atoms with Crippen molar-refractivity contribution in [2.45, 2.75) is 33.9 Å². The summed E-state index contributed by atoms with van der Waals surface area (Å²) in [6, 6.07) is 15.2. The molecule has 0 N–H and O–H groups in total. The van der Waals surface area contributed by atoms with Crippen molar-refractivity contribution in [1.82, 2.24) is 0 Å². The van der Waals surface area contributed by atoms with Crippen molar-refractivity contribution in [3.05, 3.63) is 71.6 Å². The van der Waals surface area contributed by atoms with Crippen molar-refractivity contribution < 1.29 is 0 Å². The van der Waals surface area contributed by atoms with Gasteiger partial charge in [0.15, 0.2) is 0 Å². The average molecular weight is 278 g/mol. The molecule has 0 unspecified atom stereocenters. The maximum absolute atomic E-state index is 2.33. The fourth-order valence-corrected chi connectivity index (χ4v) is 3.04. The van der Waals surface area contributed by atoms with E-state index in [2.05, 4.69) is 92.4 Å². The molecule has 0 aliphatic carbocycles. The van der Waals surface area contributed by atoms with Gasteiger partial charge < -0.3 is 9.80 Å². The lowest BCUT2D eigenvalue weighted by molar-refractivity contribution is 0.746. The second kappa shape index (κ2) is 5.28. The molecule has 3 rings (SSSR count). The van der Waals surface area contributed by atoms with E-state index in [1.165, 1.54) is 28.1 Å². The fourth-order valence-electron chi connectivity index (χ4n) is 3.04. The third-order valence-corrected chi connectivity index (χ3v) is 4.22. The minimum Gasteiger partial charge on any atom is -0.325 e. The molecule has 1 aliphatic rings. The van der Waals surface area contributed by atoms with Gasteiger partial charge in [0.05, 0.1) is 0 Å². The highest BCUT2D eigenvalue weighted by molar-refractivity contribution is 5.65. The van der Waals surface area contributed by atoms with E-state index in [9.17, 15) is 0 Å². The van der Waals surface area contributed by atoms with Crippen LogP contribution in [0.15, 0.2) is 54.9 Å². The van der Waals surface area contributed by atoms with Gasteiger partial charge in [-0.1, -0.05) is 35.9 Å². The van der Waals surface area contributed by atoms with Crippen molar-refractivity contribution in [2.24, 2.45) is 0 Å². The average Bonchev–Trinajstić information content (AvgIpc) is 2.81. The van der Waals surface area contributed by atoms with Crippen LogP contribution >= 0.6 is 0 Å². The number of hydrogen-bond acceptors (Lipinski definition) is 2. The molecular weight excluding hydrogens is 256 g/mol. The summed E-state index contributed by atoms with van der Waals surface area (Å²) in [5, 5.41) is 0. The Labute approximate surface area is 127 Å². The second-order valence-corrected chi connectivity index (χ2v) is 5.82. The molecule has 2 aromatic carbocycles. The van der Waals surface area contributed by atoms with Gasteiger partial charge in [-0.25, -0.2) is 0 Å². The van der Waals surface area contributed by atoms with Gasteiger partial charge >= 0.3 is 0 Å². The molecule has 0 radical (unpaired) electrons. The maximum atomic E-state index is 2.33. The van der Waals surface area contributed by atoms with Crippen molar-refractivity contribution in [1.29, 1.82) is 0 Å². The molecule has 1 atom stereocenters. The Bertz CT molecular complexity index is 688. The van der Waals surface area contributed by atoms with E-state index in [0.717, 1.165) is 0 Å². The van der Waals surface area contributed by atoms with Crippen molar-refractivity contribution in [3.8, 4) is 0 Å². The van der Waals surface area contributed by atoms with Crippen LogP contribution in [0.1, 0.15) is 23.6 Å². The highest BCUT2D eigenvalue weighted by atomic mass is 15.4. The van der Waals surface area contributed by atoms with E-state index in [4.69, 9.17) is 0 Å². The molecule has 0 spiro atoms. The topological polar surface area (TPSA) is 6.48 Å². The van der Waals surface area contributed by atoms with Gasteiger partial charge in [-0.2, -0.15) is 0 Å². The summed E-state index contributed by atoms with van der Waals surface area (Å²) in [6.45, 7) is 8.72. The zero-order valence-corrected chi connectivity index (χ0v) is 13.2. The molecule has 0 saturated heterocycles. The first-order valence-corrected chi connectivity index (χ1v) is 7.46. The minimum absolute atomic E-state index is 0.285. The normalized spacial score (nSPS) is 17.6. The Morgan fingerprint density at radius 2 is 1.38 bits per heavy atom. The number of anilines is 2. The van der Waals surface area contributed by atoms with Crippen molar-refractivity contribution in [2.75, 3.05) is 9.80 Å². The number of rotatable bonds is 2. The third-order valence-electron chi connectivity index (χ3n) is 4.22. The largest absolute Gasteiger partial charge is 0.325 e. The van der Waals surface area contributed by atoms with Crippen LogP contribution in [0, 0.1) is 20.8 Å². The minimum atomic E-state index is 0.285. The quantitative estimate of drug-likeness (QED) is 0.781. The van der Waals surface area contributed by atoms with Gasteiger partial charge in [0.1, 0.15) is 6.17 Å². The first-order valence-electron chi connectivity index (χ1n) is 7.46. The van der Waals surface area contributed by atoms with Crippen molar-refractivity contribution in [3.63, 3.8) is 0 Å². The molecule has 21 heavy (non-hydrogen) atoms. The van der Waals surface area contributed by atoms with Crippen LogP contribution in [-0.4, -0.2) is 6.17 Å². The van der Waals surface area contributed by atoms with Crippen LogP contribution in [0.25, 0.3) is 0 Å². The van der Waals surface area contributed by atoms with E-state index in [1.54, 1.807) is 0 Å². The van der Waals surface area contributed by atoms with E-state index in [0.29, 0.717) is 0 Å². The Morgan fingerprint density at radius 3 is 2.00 bits per heavy atom. The number of nitrogens with zero attached hydrogens (tertiary/aromatic N) is 2. The molecular formula is C19H22N2. The molecule has 2 aromatic rings. The van der Waals surface area contributed by atoms with E-state index in [1.807, 2.05) is 0 Å². The van der Waals surface area contributed by atoms with E-state index < -0.39 is 0 Å². The SMILES string of the molecule is Cc1ccc(N2C=CN(c3ccccc3C)[C@H]2C)c(C)c1. The van der Waals surface area contributed by atoms with Gasteiger partial charge in [0.2, 0.25) is 0 Å². The molecule has 1 heterocycles. The molecule has 0 saturated carbocycles. The Morgan fingerprint density at radius 1 is 0.762 bits per heavy atom. The smallest absolute Gasteiger partial charge is 0.107 e. The molecule has 2 nitrogen and oxygen atoms in total. The summed E-state index contributed by atoms with van der Waals surface area (Å²) in [4.78, 5) is 4.66. The van der Waals surface area contributed by atoms with Crippen LogP contribution in [0.2, 0.25) is 0 Å². The first kappa shape index (κ1) is 13.7. The molecule has 0 bridgehead atoms. The Balaban J connectivity index is 1.92. The summed E-state index contributed by atoms with van der Waals surface area (Å²) >= 11 is 0. The zero-order chi connectivity index (χ0) is 15.0. The van der Waals surface area contributed by atoms with Crippen LogP contribution in [0.5, 0.6) is 0 Å². The maximum Gasteiger partial charge on any atom is 0.107 e. The van der Waals surface area contributed by atoms with Crippen LogP contribution in [-0.2, 0) is 0 Å². The number of para-hydroxylation sites is 1. The highest BCUT2D eigenvalue weighted by Gasteiger charge is 2.25. The zero-order valence-electron chi connectivity index (χ0n) is 13.2. The Hall–Kier alpha value is -2.22. The predicted octanol–water partition coefficient (Wildman–Crippen LogP) is 4.76. The van der Waals surface area contributed by atoms with Gasteiger partial charge in [0.25, 0.3) is 0 Å². The molecule has 2 heteroatoms. The summed E-state index contributed by atoms with van der Waals surface area (Å²) in [5.74, 6) is 0. The Kier molecular flexibility index (Phi) is 3.46. The number of aryl methyl sites for hydroxylation is 3. The second-order valence-electron chi connectivity index (χ2n) is 5.82. The monoisotopic (exact) mass is 278 g/mol. The third kappa shape index (κ3) is 2.42. The molecule has 108 valence electrons. The lowest BCUT2D eigenvalue weighted by Crippen LogP contribution is -2.36. The van der Waals surface area contributed by atoms with E-state index >= 15 is 0 Å². The van der Waals surface area contributed by atoms with Gasteiger partial charge in [-0.15, -0.1) is 0 Å². The summed E-state index contributed by atoms with van der Waals surface area (Å²) < 4.78 is 0. The lowest BCUT2D eigenvalue weighted by atomic mass is 10.1. The van der Waals surface area contributed by atoms with E-state index in [-0.39, 0.29) is 6.17 Å². The molecule has 0 aromatic heterocycles.